The molecule has 16 heavy (non-hydrogen) atoms. The van der Waals surface area contributed by atoms with Gasteiger partial charge in [0.15, 0.2) is 0 Å². The Morgan fingerprint density at radius 1 is 1.38 bits per heavy atom. The van der Waals surface area contributed by atoms with Crippen molar-refractivity contribution < 1.29 is 4.39 Å². The summed E-state index contributed by atoms with van der Waals surface area (Å²) < 4.78 is 13.7. The number of hydrogen-bond acceptors (Lipinski definition) is 1. The van der Waals surface area contributed by atoms with Crippen LogP contribution in [0.3, 0.4) is 0 Å². The molecular formula is C13H19ClFN. The van der Waals surface area contributed by atoms with Crippen molar-refractivity contribution in [3.63, 3.8) is 0 Å². The molecular weight excluding hydrogens is 225 g/mol. The highest BCUT2D eigenvalue weighted by atomic mass is 35.5. The van der Waals surface area contributed by atoms with Crippen molar-refractivity contribution >= 4 is 11.6 Å². The Kier molecular flexibility index (Phi) is 4.75. The van der Waals surface area contributed by atoms with E-state index in [4.69, 9.17) is 11.6 Å². The molecule has 0 saturated carbocycles. The Morgan fingerprint density at radius 3 is 2.69 bits per heavy atom. The van der Waals surface area contributed by atoms with E-state index in [2.05, 4.69) is 19.2 Å². The van der Waals surface area contributed by atoms with Crippen LogP contribution in [0.1, 0.15) is 25.8 Å². The summed E-state index contributed by atoms with van der Waals surface area (Å²) in [6.45, 7) is 5.23. The van der Waals surface area contributed by atoms with Crippen molar-refractivity contribution in [2.45, 2.75) is 26.7 Å². The minimum atomic E-state index is -0.276. The molecule has 0 aliphatic heterocycles. The molecule has 0 aliphatic carbocycles. The molecule has 0 heterocycles. The summed E-state index contributed by atoms with van der Waals surface area (Å²) >= 11 is 5.76. The van der Waals surface area contributed by atoms with Gasteiger partial charge in [0, 0.05) is 0 Å². The van der Waals surface area contributed by atoms with Crippen LogP contribution in [-0.4, -0.2) is 13.6 Å². The number of benzene rings is 1. The average molecular weight is 244 g/mol. The fraction of sp³-hybridized carbons (Fsp3) is 0.538. The van der Waals surface area contributed by atoms with Crippen molar-refractivity contribution in [1.82, 2.24) is 5.32 Å². The topological polar surface area (TPSA) is 12.0 Å². The second-order valence-electron chi connectivity index (χ2n) is 4.91. The maximum Gasteiger partial charge on any atom is 0.144 e. The zero-order chi connectivity index (χ0) is 12.2. The number of halogens is 2. The summed E-state index contributed by atoms with van der Waals surface area (Å²) in [6, 6.07) is 5.19. The normalized spacial score (nSPS) is 11.8. The lowest BCUT2D eigenvalue weighted by molar-refractivity contribution is 0.325. The third-order valence-corrected chi connectivity index (χ3v) is 3.04. The molecule has 3 heteroatoms. The Bertz CT molecular complexity index is 350. The van der Waals surface area contributed by atoms with E-state index in [0.717, 1.165) is 13.0 Å². The molecule has 0 saturated heterocycles. The lowest BCUT2D eigenvalue weighted by Crippen LogP contribution is -2.22. The van der Waals surface area contributed by atoms with E-state index < -0.39 is 0 Å². The van der Waals surface area contributed by atoms with E-state index in [1.54, 1.807) is 12.1 Å². The lowest BCUT2D eigenvalue weighted by Gasteiger charge is -2.25. The molecule has 90 valence electrons. The van der Waals surface area contributed by atoms with Crippen molar-refractivity contribution in [2.75, 3.05) is 13.6 Å². The van der Waals surface area contributed by atoms with Crippen molar-refractivity contribution in [1.29, 1.82) is 0 Å². The van der Waals surface area contributed by atoms with Gasteiger partial charge in [-0.15, -0.1) is 0 Å². The average Bonchev–Trinajstić information content (AvgIpc) is 2.22. The number of rotatable bonds is 5. The van der Waals surface area contributed by atoms with E-state index >= 15 is 0 Å². The third kappa shape index (κ3) is 3.76. The first kappa shape index (κ1) is 13.5. The van der Waals surface area contributed by atoms with Gasteiger partial charge < -0.3 is 5.32 Å². The van der Waals surface area contributed by atoms with Gasteiger partial charge >= 0.3 is 0 Å². The molecule has 0 radical (unpaired) electrons. The fourth-order valence-corrected chi connectivity index (χ4v) is 1.95. The fourth-order valence-electron chi connectivity index (χ4n) is 1.75. The molecule has 0 fully saturated rings. The van der Waals surface area contributed by atoms with E-state index in [1.807, 2.05) is 13.1 Å². The minimum absolute atomic E-state index is 0.0779. The van der Waals surface area contributed by atoms with Gasteiger partial charge in [0.05, 0.1) is 5.02 Å². The summed E-state index contributed by atoms with van der Waals surface area (Å²) in [5.41, 5.74) is 0.780. The van der Waals surface area contributed by atoms with E-state index in [0.29, 0.717) is 12.0 Å². The Hall–Kier alpha value is -0.600. The molecule has 1 nitrogen and oxygen atoms in total. The molecule has 0 aliphatic rings. The van der Waals surface area contributed by atoms with Crippen LogP contribution in [-0.2, 0) is 6.42 Å². The maximum absolute atomic E-state index is 13.7. The molecule has 0 bridgehead atoms. The van der Waals surface area contributed by atoms with Gasteiger partial charge in [0.25, 0.3) is 0 Å². The van der Waals surface area contributed by atoms with Crippen LogP contribution in [0.2, 0.25) is 5.02 Å². The Morgan fingerprint density at radius 2 is 2.06 bits per heavy atom. The monoisotopic (exact) mass is 243 g/mol. The maximum atomic E-state index is 13.7. The van der Waals surface area contributed by atoms with Gasteiger partial charge in [-0.1, -0.05) is 37.6 Å². The summed E-state index contributed by atoms with van der Waals surface area (Å²) in [4.78, 5) is 0. The molecule has 1 aromatic carbocycles. The van der Waals surface area contributed by atoms with Crippen molar-refractivity contribution in [3.8, 4) is 0 Å². The smallest absolute Gasteiger partial charge is 0.144 e. The molecule has 1 rings (SSSR count). The molecule has 0 amide bonds. The predicted molar refractivity (Wildman–Crippen MR) is 67.4 cm³/mol. The van der Waals surface area contributed by atoms with Crippen LogP contribution in [0.25, 0.3) is 0 Å². The molecule has 1 N–H and O–H groups in total. The van der Waals surface area contributed by atoms with E-state index in [-0.39, 0.29) is 16.3 Å². The van der Waals surface area contributed by atoms with Gasteiger partial charge in [0.1, 0.15) is 5.82 Å². The Labute approximate surface area is 102 Å². The second kappa shape index (κ2) is 5.65. The predicted octanol–water partition coefficient (Wildman–Crippen LogP) is 3.66. The first-order valence-corrected chi connectivity index (χ1v) is 5.91. The third-order valence-electron chi connectivity index (χ3n) is 2.75. The van der Waals surface area contributed by atoms with Gasteiger partial charge in [0.2, 0.25) is 0 Å². The van der Waals surface area contributed by atoms with Gasteiger partial charge in [-0.25, -0.2) is 4.39 Å². The SMILES string of the molecule is CNCCC(C)(C)Cc1cccc(Cl)c1F. The van der Waals surface area contributed by atoms with Crippen LogP contribution in [0, 0.1) is 11.2 Å². The summed E-state index contributed by atoms with van der Waals surface area (Å²) in [7, 11) is 1.93. The van der Waals surface area contributed by atoms with E-state index in [1.165, 1.54) is 0 Å². The van der Waals surface area contributed by atoms with Crippen LogP contribution in [0.15, 0.2) is 18.2 Å². The van der Waals surface area contributed by atoms with Gasteiger partial charge in [-0.05, 0) is 43.5 Å². The van der Waals surface area contributed by atoms with Crippen LogP contribution >= 0.6 is 11.6 Å². The summed E-state index contributed by atoms with van der Waals surface area (Å²) in [6.07, 6.45) is 1.72. The van der Waals surface area contributed by atoms with Crippen molar-refractivity contribution in [3.05, 3.63) is 34.6 Å². The zero-order valence-electron chi connectivity index (χ0n) is 10.1. The molecule has 0 spiro atoms. The van der Waals surface area contributed by atoms with Gasteiger partial charge in [-0.3, -0.25) is 0 Å². The Balaban J connectivity index is 2.75. The molecule has 0 unspecified atom stereocenters. The van der Waals surface area contributed by atoms with Gasteiger partial charge in [-0.2, -0.15) is 0 Å². The highest BCUT2D eigenvalue weighted by molar-refractivity contribution is 6.30. The second-order valence-corrected chi connectivity index (χ2v) is 5.31. The number of nitrogens with one attached hydrogen (secondary N) is 1. The first-order valence-electron chi connectivity index (χ1n) is 5.54. The van der Waals surface area contributed by atoms with Crippen molar-refractivity contribution in [2.24, 2.45) is 5.41 Å². The highest BCUT2D eigenvalue weighted by Gasteiger charge is 2.20. The lowest BCUT2D eigenvalue weighted by atomic mass is 9.82. The molecule has 0 aromatic heterocycles. The highest BCUT2D eigenvalue weighted by Crippen LogP contribution is 2.28. The molecule has 1 aromatic rings. The largest absolute Gasteiger partial charge is 0.320 e. The number of hydrogen-bond donors (Lipinski definition) is 1. The zero-order valence-corrected chi connectivity index (χ0v) is 10.9. The van der Waals surface area contributed by atoms with Crippen LogP contribution in [0.4, 0.5) is 4.39 Å². The molecule has 0 atom stereocenters. The van der Waals surface area contributed by atoms with E-state index in [9.17, 15) is 4.39 Å². The van der Waals surface area contributed by atoms with Crippen LogP contribution in [0.5, 0.6) is 0 Å². The summed E-state index contributed by atoms with van der Waals surface area (Å²) in [5, 5.41) is 3.33. The van der Waals surface area contributed by atoms with Crippen LogP contribution < -0.4 is 5.32 Å². The summed E-state index contributed by atoms with van der Waals surface area (Å²) in [5.74, 6) is -0.276. The quantitative estimate of drug-likeness (QED) is 0.832. The standard InChI is InChI=1S/C13H19ClFN/c1-13(2,7-8-16-3)9-10-5-4-6-11(14)12(10)15/h4-6,16H,7-9H2,1-3H3. The minimum Gasteiger partial charge on any atom is -0.320 e. The first-order chi connectivity index (χ1) is 7.46.